The number of furan rings is 1. The quantitative estimate of drug-likeness (QED) is 0.199. The third kappa shape index (κ3) is 5.34. The number of aryl methyl sites for hydroxylation is 1. The monoisotopic (exact) mass is 575 g/mol. The van der Waals surface area contributed by atoms with Gasteiger partial charge in [0.25, 0.3) is 5.91 Å². The van der Waals surface area contributed by atoms with Crippen molar-refractivity contribution < 1.29 is 27.5 Å². The molecule has 0 atom stereocenters. The Morgan fingerprint density at radius 1 is 1.03 bits per heavy atom. The maximum Gasteiger partial charge on any atom is 0.416 e. The van der Waals surface area contributed by atoms with Crippen LogP contribution in [0.25, 0.3) is 17.4 Å². The smallest absolute Gasteiger partial charge is 0.416 e. The first-order chi connectivity index (χ1) is 18.7. The fourth-order valence-corrected chi connectivity index (χ4v) is 8.82. The summed E-state index contributed by atoms with van der Waals surface area (Å²) in [5.41, 5.74) is 0.721. The Morgan fingerprint density at radius 3 is 2.31 bits per heavy atom. The summed E-state index contributed by atoms with van der Waals surface area (Å²) < 4.78 is 45.9. The number of alkyl halides is 3. The van der Waals surface area contributed by atoms with E-state index in [4.69, 9.17) is 21.7 Å². The second-order valence-electron chi connectivity index (χ2n) is 11.6. The van der Waals surface area contributed by atoms with Gasteiger partial charge in [0, 0.05) is 24.3 Å². The second kappa shape index (κ2) is 10.7. The van der Waals surface area contributed by atoms with Crippen LogP contribution in [-0.2, 0) is 17.4 Å². The highest BCUT2D eigenvalue weighted by Crippen LogP contribution is 2.56. The van der Waals surface area contributed by atoms with Crippen molar-refractivity contribution in [1.29, 1.82) is 0 Å². The van der Waals surface area contributed by atoms with E-state index in [1.165, 1.54) is 56.0 Å². The number of aliphatic hydroxyl groups excluding tert-OH is 1. The first-order valence-electron chi connectivity index (χ1n) is 13.9. The van der Waals surface area contributed by atoms with Crippen LogP contribution < -0.4 is 0 Å². The number of thioether (sulfide) groups is 1. The molecule has 1 aliphatic heterocycles. The van der Waals surface area contributed by atoms with E-state index in [1.807, 2.05) is 11.0 Å². The summed E-state index contributed by atoms with van der Waals surface area (Å²) in [4.78, 5) is 16.2. The van der Waals surface area contributed by atoms with E-state index in [0.717, 1.165) is 42.4 Å². The molecule has 1 aromatic carbocycles. The van der Waals surface area contributed by atoms with Crippen LogP contribution >= 0.6 is 24.0 Å². The number of nitrogens with zero attached hydrogens (tertiary/aromatic N) is 1. The molecular formula is C30H32F3NO3S2. The van der Waals surface area contributed by atoms with Gasteiger partial charge in [-0.3, -0.25) is 9.69 Å². The molecule has 0 unspecified atom stereocenters. The van der Waals surface area contributed by atoms with Crippen molar-refractivity contribution in [3.63, 3.8) is 0 Å². The number of halogens is 3. The number of unbranched alkanes of at least 4 members (excludes halogenated alkanes) is 2. The molecule has 5 aliphatic rings. The summed E-state index contributed by atoms with van der Waals surface area (Å²) in [6.07, 6.45) is 6.52. The lowest BCUT2D eigenvalue weighted by Crippen LogP contribution is -2.57. The molecule has 0 radical (unpaired) electrons. The average molecular weight is 576 g/mol. The minimum atomic E-state index is -4.41. The zero-order valence-corrected chi connectivity index (χ0v) is 23.2. The van der Waals surface area contributed by atoms with Gasteiger partial charge in [-0.05, 0) is 98.8 Å². The van der Waals surface area contributed by atoms with Gasteiger partial charge in [0.2, 0.25) is 0 Å². The van der Waals surface area contributed by atoms with Crippen LogP contribution in [0.3, 0.4) is 0 Å². The van der Waals surface area contributed by atoms with Crippen molar-refractivity contribution in [2.75, 3.05) is 6.61 Å². The molecular weight excluding hydrogens is 543 g/mol. The molecule has 0 spiro atoms. The fourth-order valence-electron chi connectivity index (χ4n) is 7.50. The third-order valence-electron chi connectivity index (χ3n) is 9.00. The molecule has 9 heteroatoms. The van der Waals surface area contributed by atoms with E-state index >= 15 is 0 Å². The standard InChI is InChI=1S/C30H32F3NO3S2/c31-30(32,33)23-7-5-19(6-8-23)24-15-20(4-2-1-3-9-35)25(37-24)16-26-28(36)34(29(38)39-26)27-21-11-17-10-18(13-21)14-22(27)12-17/h5-8,15-18,21-22,27,35H,1-4,9-14H2/b26-16-. The van der Waals surface area contributed by atoms with Crippen molar-refractivity contribution in [3.8, 4) is 11.3 Å². The normalized spacial score (nSPS) is 29.3. The Balaban J connectivity index is 1.27. The van der Waals surface area contributed by atoms with Gasteiger partial charge in [-0.1, -0.05) is 42.5 Å². The van der Waals surface area contributed by atoms with Gasteiger partial charge in [-0.2, -0.15) is 13.2 Å². The van der Waals surface area contributed by atoms with Gasteiger partial charge in [-0.15, -0.1) is 0 Å². The number of hydrogen-bond donors (Lipinski definition) is 1. The number of carbonyl (C=O) groups excluding carboxylic acids is 1. The molecule has 4 bridgehead atoms. The topological polar surface area (TPSA) is 53.7 Å². The molecule has 4 aliphatic carbocycles. The molecule has 1 saturated heterocycles. The lowest BCUT2D eigenvalue weighted by molar-refractivity contribution is -0.137. The molecule has 7 rings (SSSR count). The summed E-state index contributed by atoms with van der Waals surface area (Å²) in [6, 6.07) is 6.96. The Bertz CT molecular complexity index is 1260. The molecule has 5 fully saturated rings. The highest BCUT2D eigenvalue weighted by Gasteiger charge is 2.53. The maximum absolute atomic E-state index is 13.7. The van der Waals surface area contributed by atoms with Crippen molar-refractivity contribution in [2.24, 2.45) is 23.7 Å². The molecule has 2 heterocycles. The minimum Gasteiger partial charge on any atom is -0.456 e. The molecule has 39 heavy (non-hydrogen) atoms. The highest BCUT2D eigenvalue weighted by atomic mass is 32.2. The number of amides is 1. The van der Waals surface area contributed by atoms with Crippen LogP contribution in [-0.4, -0.2) is 32.9 Å². The number of aliphatic hydroxyl groups is 1. The lowest BCUT2D eigenvalue weighted by atomic mass is 9.54. The van der Waals surface area contributed by atoms with E-state index in [2.05, 4.69) is 0 Å². The van der Waals surface area contributed by atoms with E-state index in [0.29, 0.717) is 51.0 Å². The van der Waals surface area contributed by atoms with Gasteiger partial charge in [0.05, 0.1) is 10.5 Å². The SMILES string of the molecule is O=C1/C(=C/c2oc(-c3ccc(C(F)(F)F)cc3)cc2CCCCCO)SC(=S)N1C1C2CC3CC(C2)CC1C3. The van der Waals surface area contributed by atoms with Crippen LogP contribution in [0.15, 0.2) is 39.7 Å². The van der Waals surface area contributed by atoms with Crippen LogP contribution in [0, 0.1) is 23.7 Å². The average Bonchev–Trinajstić information content (AvgIpc) is 3.41. The van der Waals surface area contributed by atoms with Crippen LogP contribution in [0.2, 0.25) is 0 Å². The predicted molar refractivity (Wildman–Crippen MR) is 150 cm³/mol. The first-order valence-corrected chi connectivity index (χ1v) is 15.1. The Labute approximate surface area is 236 Å². The molecule has 1 aromatic heterocycles. The number of hydrogen-bond acceptors (Lipinski definition) is 5. The van der Waals surface area contributed by atoms with E-state index in [-0.39, 0.29) is 18.6 Å². The Morgan fingerprint density at radius 2 is 1.69 bits per heavy atom. The molecule has 4 saturated carbocycles. The third-order valence-corrected chi connectivity index (χ3v) is 10.3. The summed E-state index contributed by atoms with van der Waals surface area (Å²) in [5, 5.41) is 9.14. The van der Waals surface area contributed by atoms with E-state index in [9.17, 15) is 18.0 Å². The van der Waals surface area contributed by atoms with E-state index < -0.39 is 11.7 Å². The van der Waals surface area contributed by atoms with Crippen molar-refractivity contribution >= 4 is 40.3 Å². The Kier molecular flexibility index (Phi) is 7.44. The van der Waals surface area contributed by atoms with Gasteiger partial charge in [0.15, 0.2) is 0 Å². The number of benzene rings is 1. The van der Waals surface area contributed by atoms with Crippen molar-refractivity contribution in [3.05, 3.63) is 52.1 Å². The summed E-state index contributed by atoms with van der Waals surface area (Å²) in [5.74, 6) is 3.61. The minimum absolute atomic E-state index is 0.0545. The number of rotatable bonds is 8. The summed E-state index contributed by atoms with van der Waals surface area (Å²) in [6.45, 7) is 0.127. The number of carbonyl (C=O) groups is 1. The van der Waals surface area contributed by atoms with Crippen LogP contribution in [0.4, 0.5) is 13.2 Å². The first kappa shape index (κ1) is 27.1. The largest absolute Gasteiger partial charge is 0.456 e. The summed E-state index contributed by atoms with van der Waals surface area (Å²) >= 11 is 7.07. The highest BCUT2D eigenvalue weighted by molar-refractivity contribution is 8.26. The zero-order valence-electron chi connectivity index (χ0n) is 21.6. The van der Waals surface area contributed by atoms with Crippen molar-refractivity contribution in [1.82, 2.24) is 4.90 Å². The molecule has 2 aromatic rings. The van der Waals surface area contributed by atoms with Crippen LogP contribution in [0.5, 0.6) is 0 Å². The molecule has 1 amide bonds. The molecule has 4 nitrogen and oxygen atoms in total. The zero-order chi connectivity index (χ0) is 27.3. The maximum atomic E-state index is 13.7. The summed E-state index contributed by atoms with van der Waals surface area (Å²) in [7, 11) is 0. The Hall–Kier alpha value is -2.10. The van der Waals surface area contributed by atoms with Gasteiger partial charge >= 0.3 is 6.18 Å². The fraction of sp³-hybridized carbons (Fsp3) is 0.533. The van der Waals surface area contributed by atoms with Crippen molar-refractivity contribution in [2.45, 2.75) is 70.0 Å². The van der Waals surface area contributed by atoms with Gasteiger partial charge in [-0.25, -0.2) is 0 Å². The van der Waals surface area contributed by atoms with Crippen LogP contribution in [0.1, 0.15) is 68.3 Å². The molecule has 208 valence electrons. The van der Waals surface area contributed by atoms with Gasteiger partial charge < -0.3 is 9.52 Å². The second-order valence-corrected chi connectivity index (χ2v) is 13.3. The molecule has 1 N–H and O–H groups in total. The van der Waals surface area contributed by atoms with Gasteiger partial charge in [0.1, 0.15) is 15.8 Å². The lowest BCUT2D eigenvalue weighted by Gasteiger charge is -2.56. The number of thiocarbonyl (C=S) groups is 1. The van der Waals surface area contributed by atoms with E-state index in [1.54, 1.807) is 6.08 Å². The predicted octanol–water partition coefficient (Wildman–Crippen LogP) is 7.70.